The van der Waals surface area contributed by atoms with E-state index in [1.54, 1.807) is 56.7 Å². The summed E-state index contributed by atoms with van der Waals surface area (Å²) in [6, 6.07) is 18.8. The van der Waals surface area contributed by atoms with Crippen LogP contribution >= 0.6 is 180 Å². The second-order valence-corrected chi connectivity index (χ2v) is 22.6. The molecule has 15 heteroatoms. The van der Waals surface area contributed by atoms with Gasteiger partial charge in [-0.3, -0.25) is 0 Å². The molecule has 0 aliphatic rings. The van der Waals surface area contributed by atoms with Gasteiger partial charge in [0.25, 0.3) is 0 Å². The number of hydrogen-bond acceptors (Lipinski definition) is 6. The number of rotatable bonds is 2. The molecule has 0 aromatic carbocycles. The third-order valence-electron chi connectivity index (χ3n) is 4.64. The molecular weight excluding hydrogens is 1190 g/mol. The molecule has 0 saturated heterocycles. The van der Waals surface area contributed by atoms with Gasteiger partial charge in [0.1, 0.15) is 0 Å². The Kier molecular flexibility index (Phi) is 22.2. The van der Waals surface area contributed by atoms with Crippen molar-refractivity contribution in [2.24, 2.45) is 0 Å². The van der Waals surface area contributed by atoms with Crippen LogP contribution in [0.25, 0.3) is 19.5 Å². The Labute approximate surface area is 363 Å². The van der Waals surface area contributed by atoms with Crippen LogP contribution in [0.5, 0.6) is 0 Å². The average Bonchev–Trinajstić information content (AvgIpc) is 3.72. The Balaban J connectivity index is 0.000000303. The SMILES string of the molecule is Brc1cc(-c2cccs2)sc1Br.Brc1cc(Br)c(Br)s1.CC(C)(C)c1ccc(-c2cc(Br)c(Br)s2)s1.[Br-].[Mg+2].[c-]1cccs1. The Morgan fingerprint density at radius 2 is 1.16 bits per heavy atom. The Morgan fingerprint density at radius 1 is 0.605 bits per heavy atom. The molecule has 43 heavy (non-hydrogen) atoms. The van der Waals surface area contributed by atoms with Gasteiger partial charge in [0.05, 0.1) is 15.1 Å². The minimum atomic E-state index is 0. The van der Waals surface area contributed by atoms with Crippen molar-refractivity contribution in [1.82, 2.24) is 0 Å². The van der Waals surface area contributed by atoms with E-state index in [1.165, 1.54) is 24.4 Å². The van der Waals surface area contributed by atoms with Crippen LogP contribution in [0.1, 0.15) is 25.6 Å². The number of halogens is 8. The molecule has 0 saturated carbocycles. The Morgan fingerprint density at radius 3 is 1.47 bits per heavy atom. The molecule has 0 fully saturated rings. The molecule has 0 N–H and O–H groups in total. The van der Waals surface area contributed by atoms with Gasteiger partial charge in [-0.15, -0.1) is 62.1 Å². The Hall–Kier alpha value is 2.81. The summed E-state index contributed by atoms with van der Waals surface area (Å²) in [4.78, 5) is 6.74. The first-order valence-corrected chi connectivity index (χ1v) is 22.0. The summed E-state index contributed by atoms with van der Waals surface area (Å²) in [5.74, 6) is 0. The van der Waals surface area contributed by atoms with E-state index in [2.05, 4.69) is 179 Å². The predicted molar refractivity (Wildman–Crippen MR) is 221 cm³/mol. The monoisotopic (exact) mass is 1200 g/mol. The van der Waals surface area contributed by atoms with Crippen molar-refractivity contribution in [3.63, 3.8) is 0 Å². The minimum absolute atomic E-state index is 0. The minimum Gasteiger partial charge on any atom is -1.00 e. The van der Waals surface area contributed by atoms with Crippen LogP contribution in [-0.2, 0) is 5.41 Å². The standard InChI is InChI=1S/C12H12Br2S2.C8H4Br2S2.C4HBr3S.C4H3S.BrH.Mg/c1-12(2,3)10-5-4-8(15-10)9-6-7(13)11(14)16-9;9-5-4-7(12-8(5)10)6-2-1-3-11-6;5-2-1-3(6)8-4(2)7;1-2-4-5-3-1;;/h4-6H,1-3H3;1-4H;1H;1-3H;1H;/q;;;-1;;+2/p-1. The summed E-state index contributed by atoms with van der Waals surface area (Å²) < 4.78 is 7.96. The van der Waals surface area contributed by atoms with Crippen molar-refractivity contribution in [2.45, 2.75) is 26.2 Å². The van der Waals surface area contributed by atoms with Gasteiger partial charge in [0.15, 0.2) is 0 Å². The van der Waals surface area contributed by atoms with Crippen LogP contribution in [-0.4, -0.2) is 23.1 Å². The van der Waals surface area contributed by atoms with Gasteiger partial charge in [0.2, 0.25) is 0 Å². The zero-order valence-electron chi connectivity index (χ0n) is 22.5. The molecule has 226 valence electrons. The molecule has 6 aromatic rings. The van der Waals surface area contributed by atoms with Gasteiger partial charge in [-0.25, -0.2) is 6.07 Å². The summed E-state index contributed by atoms with van der Waals surface area (Å²) in [7, 11) is 0. The van der Waals surface area contributed by atoms with Crippen LogP contribution in [0.2, 0.25) is 0 Å². The molecule has 0 radical (unpaired) electrons. The second kappa shape index (κ2) is 21.8. The molecule has 0 aliphatic heterocycles. The number of thiophene rings is 6. The molecule has 6 rings (SSSR count). The molecular formula is C28H20Br8MgS6. The van der Waals surface area contributed by atoms with E-state index in [-0.39, 0.29) is 45.4 Å². The van der Waals surface area contributed by atoms with Crippen molar-refractivity contribution in [2.75, 3.05) is 0 Å². The first-order chi connectivity index (χ1) is 19.3. The molecule has 6 heterocycles. The molecule has 0 atom stereocenters. The fourth-order valence-electron chi connectivity index (χ4n) is 2.74. The van der Waals surface area contributed by atoms with Crippen molar-refractivity contribution in [3.05, 3.63) is 104 Å². The zero-order valence-corrected chi connectivity index (χ0v) is 41.5. The van der Waals surface area contributed by atoms with E-state index in [1.807, 2.05) is 34.9 Å². The average molecular weight is 1210 g/mol. The van der Waals surface area contributed by atoms with E-state index in [9.17, 15) is 0 Å². The van der Waals surface area contributed by atoms with Crippen LogP contribution in [0, 0.1) is 5.38 Å². The normalized spacial score (nSPS) is 10.2. The van der Waals surface area contributed by atoms with Crippen molar-refractivity contribution >= 4 is 203 Å². The van der Waals surface area contributed by atoms with Gasteiger partial charge in [-0.05, 0) is 159 Å². The molecule has 0 nitrogen and oxygen atoms in total. The van der Waals surface area contributed by atoms with Crippen LogP contribution in [0.4, 0.5) is 0 Å². The zero-order chi connectivity index (χ0) is 30.2. The fourth-order valence-corrected chi connectivity index (χ4v) is 12.6. The smallest absolute Gasteiger partial charge is 1.00 e. The largest absolute Gasteiger partial charge is 2.00 e. The summed E-state index contributed by atoms with van der Waals surface area (Å²) in [5.41, 5.74) is 0.245. The van der Waals surface area contributed by atoms with Crippen molar-refractivity contribution in [3.8, 4) is 19.5 Å². The van der Waals surface area contributed by atoms with Gasteiger partial charge in [-0.2, -0.15) is 11.4 Å². The summed E-state index contributed by atoms with van der Waals surface area (Å²) in [6.45, 7) is 6.76. The van der Waals surface area contributed by atoms with Crippen molar-refractivity contribution in [1.29, 1.82) is 0 Å². The first kappa shape index (κ1) is 43.8. The van der Waals surface area contributed by atoms with Gasteiger partial charge in [0, 0.05) is 37.8 Å². The quantitative estimate of drug-likeness (QED) is 0.120. The van der Waals surface area contributed by atoms with E-state index in [0.29, 0.717) is 0 Å². The van der Waals surface area contributed by atoms with E-state index < -0.39 is 0 Å². The summed E-state index contributed by atoms with van der Waals surface area (Å²) in [5, 5.41) is 6.98. The summed E-state index contributed by atoms with van der Waals surface area (Å²) in [6.07, 6.45) is 0. The van der Waals surface area contributed by atoms with Gasteiger partial charge in [-0.1, -0.05) is 26.8 Å². The molecule has 6 aromatic heterocycles. The van der Waals surface area contributed by atoms with Gasteiger partial charge >= 0.3 is 23.1 Å². The van der Waals surface area contributed by atoms with Crippen molar-refractivity contribution < 1.29 is 17.0 Å². The maximum Gasteiger partial charge on any atom is 2.00 e. The van der Waals surface area contributed by atoms with Gasteiger partial charge < -0.3 is 28.3 Å². The second-order valence-electron chi connectivity index (χ2n) is 8.76. The third-order valence-corrected chi connectivity index (χ3v) is 18.2. The Bertz CT molecular complexity index is 1530. The van der Waals surface area contributed by atoms with Crippen LogP contribution < -0.4 is 17.0 Å². The molecule has 0 amide bonds. The number of hydrogen-bond donors (Lipinski definition) is 0. The topological polar surface area (TPSA) is 0 Å². The van der Waals surface area contributed by atoms with E-state index in [4.69, 9.17) is 0 Å². The molecule has 0 unspecified atom stereocenters. The third kappa shape index (κ3) is 15.1. The molecule has 0 aliphatic carbocycles. The summed E-state index contributed by atoms with van der Waals surface area (Å²) >= 11 is 34.5. The fraction of sp³-hybridized carbons (Fsp3) is 0.143. The van der Waals surface area contributed by atoms with Crippen LogP contribution in [0.15, 0.2) is 93.9 Å². The predicted octanol–water partition coefficient (Wildman–Crippen LogP) is 13.5. The first-order valence-electron chi connectivity index (χ1n) is 11.4. The maximum atomic E-state index is 3.54. The maximum absolute atomic E-state index is 3.54. The van der Waals surface area contributed by atoms with E-state index in [0.717, 1.165) is 28.6 Å². The molecule has 0 spiro atoms. The molecule has 0 bridgehead atoms. The van der Waals surface area contributed by atoms with Crippen LogP contribution in [0.3, 0.4) is 0 Å². The van der Waals surface area contributed by atoms with E-state index >= 15 is 0 Å².